The number of halogens is 1. The number of para-hydroxylation sites is 1. The molecule has 0 saturated carbocycles. The first-order chi connectivity index (χ1) is 12.6. The Balaban J connectivity index is 0.00000261. The smallest absolute Gasteiger partial charge is 0.193 e. The fourth-order valence-electron chi connectivity index (χ4n) is 2.36. The summed E-state index contributed by atoms with van der Waals surface area (Å²) in [4.78, 5) is 10.0. The van der Waals surface area contributed by atoms with Gasteiger partial charge in [0.2, 0.25) is 0 Å². The van der Waals surface area contributed by atoms with Gasteiger partial charge < -0.3 is 15.8 Å². The van der Waals surface area contributed by atoms with Crippen LogP contribution < -0.4 is 15.8 Å². The Morgan fingerprint density at radius 1 is 1.19 bits per heavy atom. The zero-order valence-corrected chi connectivity index (χ0v) is 18.4. The Labute approximate surface area is 180 Å². The number of nitrogens with zero attached hydrogens (tertiary/aromatic N) is 2. The van der Waals surface area contributed by atoms with Crippen molar-refractivity contribution in [3.63, 3.8) is 0 Å². The second-order valence-corrected chi connectivity index (χ2v) is 7.27. The van der Waals surface area contributed by atoms with Crippen LogP contribution in [-0.4, -0.2) is 17.5 Å². The van der Waals surface area contributed by atoms with E-state index in [2.05, 4.69) is 29.1 Å². The van der Waals surface area contributed by atoms with Crippen LogP contribution in [0.3, 0.4) is 0 Å². The minimum Gasteiger partial charge on any atom is -0.457 e. The highest BCUT2D eigenvalue weighted by Gasteiger charge is 2.09. The minimum atomic E-state index is 0. The molecule has 0 bridgehead atoms. The van der Waals surface area contributed by atoms with Crippen LogP contribution in [0.1, 0.15) is 22.7 Å². The van der Waals surface area contributed by atoms with Gasteiger partial charge in [0.1, 0.15) is 11.5 Å². The van der Waals surface area contributed by atoms with E-state index >= 15 is 0 Å². The third-order valence-electron chi connectivity index (χ3n) is 3.68. The maximum atomic E-state index is 6.02. The number of nitrogens with two attached hydrogens (primary N) is 1. The molecule has 3 N–H and O–H groups in total. The number of hydrogen-bond donors (Lipinski definition) is 2. The van der Waals surface area contributed by atoms with E-state index in [0.29, 0.717) is 12.5 Å². The van der Waals surface area contributed by atoms with Gasteiger partial charge in [-0.25, -0.2) is 4.98 Å². The summed E-state index contributed by atoms with van der Waals surface area (Å²) < 4.78 is 5.83. The van der Waals surface area contributed by atoms with Crippen LogP contribution in [0.15, 0.2) is 65.8 Å². The summed E-state index contributed by atoms with van der Waals surface area (Å²) in [7, 11) is 0. The number of anilines is 1. The van der Waals surface area contributed by atoms with E-state index < -0.39 is 0 Å². The molecule has 1 atom stereocenters. The first-order valence-electron chi connectivity index (χ1n) is 8.42. The molecule has 142 valence electrons. The molecule has 0 aliphatic heterocycles. The van der Waals surface area contributed by atoms with Crippen LogP contribution >= 0.6 is 35.3 Å². The van der Waals surface area contributed by atoms with Gasteiger partial charge in [-0.2, -0.15) is 0 Å². The van der Waals surface area contributed by atoms with E-state index in [1.165, 1.54) is 4.88 Å². The minimum absolute atomic E-state index is 0. The standard InChI is InChI=1S/C20H22N4OS.HI/c1-14(19-22-13-15(2)26-19)12-23-20(21)24-16-7-6-10-18(11-16)25-17-8-4-3-5-9-17;/h3-11,13-14H,12H2,1-2H3,(H3,21,23,24);1H. The van der Waals surface area contributed by atoms with Gasteiger partial charge in [0.25, 0.3) is 0 Å². The molecule has 0 radical (unpaired) electrons. The summed E-state index contributed by atoms with van der Waals surface area (Å²) in [5, 5.41) is 4.19. The van der Waals surface area contributed by atoms with E-state index in [0.717, 1.165) is 22.2 Å². The zero-order chi connectivity index (χ0) is 18.4. The number of thiazole rings is 1. The van der Waals surface area contributed by atoms with Crippen molar-refractivity contribution in [3.8, 4) is 11.5 Å². The first kappa shape index (κ1) is 21.2. The zero-order valence-electron chi connectivity index (χ0n) is 15.3. The molecule has 0 spiro atoms. The molecule has 2 aromatic carbocycles. The average Bonchev–Trinajstić information content (AvgIpc) is 3.07. The predicted molar refractivity (Wildman–Crippen MR) is 124 cm³/mol. The van der Waals surface area contributed by atoms with E-state index in [1.54, 1.807) is 11.3 Å². The fraction of sp³-hybridized carbons (Fsp3) is 0.200. The lowest BCUT2D eigenvalue weighted by atomic mass is 10.2. The normalized spacial score (nSPS) is 12.1. The Morgan fingerprint density at radius 2 is 1.93 bits per heavy atom. The van der Waals surface area contributed by atoms with E-state index in [9.17, 15) is 0 Å². The molecule has 1 heterocycles. The summed E-state index contributed by atoms with van der Waals surface area (Å²) in [5.41, 5.74) is 6.85. The SMILES string of the molecule is Cc1cnc(C(C)CN=C(N)Nc2cccc(Oc3ccccc3)c2)s1.I. The lowest BCUT2D eigenvalue weighted by Gasteiger charge is -2.10. The van der Waals surface area contributed by atoms with Crippen molar-refractivity contribution < 1.29 is 4.74 Å². The Hall–Kier alpha value is -2.13. The number of nitrogens with one attached hydrogen (secondary N) is 1. The van der Waals surface area contributed by atoms with Gasteiger partial charge in [-0.3, -0.25) is 4.99 Å². The lowest BCUT2D eigenvalue weighted by Crippen LogP contribution is -2.23. The van der Waals surface area contributed by atoms with Crippen molar-refractivity contribution in [2.75, 3.05) is 11.9 Å². The van der Waals surface area contributed by atoms with E-state index in [-0.39, 0.29) is 29.9 Å². The van der Waals surface area contributed by atoms with Crippen LogP contribution in [0.4, 0.5) is 5.69 Å². The highest BCUT2D eigenvalue weighted by Crippen LogP contribution is 2.24. The van der Waals surface area contributed by atoms with Gasteiger partial charge >= 0.3 is 0 Å². The highest BCUT2D eigenvalue weighted by molar-refractivity contribution is 14.0. The second kappa shape index (κ2) is 10.3. The largest absolute Gasteiger partial charge is 0.457 e. The first-order valence-corrected chi connectivity index (χ1v) is 9.24. The molecule has 0 aliphatic rings. The van der Waals surface area contributed by atoms with Gasteiger partial charge in [-0.05, 0) is 31.2 Å². The quantitative estimate of drug-likeness (QED) is 0.274. The number of aryl methyl sites for hydroxylation is 1. The Bertz CT molecular complexity index is 882. The molecule has 0 amide bonds. The number of benzene rings is 2. The molecule has 3 aromatic rings. The van der Waals surface area contributed by atoms with Crippen molar-refractivity contribution in [1.82, 2.24) is 4.98 Å². The molecule has 5 nitrogen and oxygen atoms in total. The summed E-state index contributed by atoms with van der Waals surface area (Å²) >= 11 is 1.70. The maximum absolute atomic E-state index is 6.02. The topological polar surface area (TPSA) is 72.5 Å². The van der Waals surface area contributed by atoms with Crippen LogP contribution in [0.25, 0.3) is 0 Å². The second-order valence-electron chi connectivity index (χ2n) is 6.00. The number of rotatable bonds is 6. The van der Waals surface area contributed by atoms with Crippen LogP contribution in [0.5, 0.6) is 11.5 Å². The monoisotopic (exact) mass is 494 g/mol. The van der Waals surface area contributed by atoms with Crippen LogP contribution in [-0.2, 0) is 0 Å². The van der Waals surface area contributed by atoms with Crippen molar-refractivity contribution in [1.29, 1.82) is 0 Å². The Morgan fingerprint density at radius 3 is 2.63 bits per heavy atom. The molecule has 0 aliphatic carbocycles. The summed E-state index contributed by atoms with van der Waals surface area (Å²) in [6.07, 6.45) is 1.89. The molecule has 0 saturated heterocycles. The summed E-state index contributed by atoms with van der Waals surface area (Å²) in [5.74, 6) is 2.14. The molecule has 3 rings (SSSR count). The molecule has 1 aromatic heterocycles. The molecule has 27 heavy (non-hydrogen) atoms. The van der Waals surface area contributed by atoms with Crippen LogP contribution in [0, 0.1) is 6.92 Å². The number of aromatic nitrogens is 1. The number of aliphatic imine (C=N–C) groups is 1. The lowest BCUT2D eigenvalue weighted by molar-refractivity contribution is 0.483. The molecule has 0 fully saturated rings. The number of guanidine groups is 1. The van der Waals surface area contributed by atoms with Crippen molar-refractivity contribution in [2.45, 2.75) is 19.8 Å². The van der Waals surface area contributed by atoms with E-state index in [4.69, 9.17) is 10.5 Å². The number of hydrogen-bond acceptors (Lipinski definition) is 4. The third-order valence-corrected chi connectivity index (χ3v) is 4.83. The Kier molecular flexibility index (Phi) is 8.05. The molecule has 7 heteroatoms. The van der Waals surface area contributed by atoms with Gasteiger partial charge in [-0.15, -0.1) is 35.3 Å². The molecule has 1 unspecified atom stereocenters. The number of ether oxygens (including phenoxy) is 1. The molecular weight excluding hydrogens is 471 g/mol. The van der Waals surface area contributed by atoms with E-state index in [1.807, 2.05) is 60.8 Å². The third kappa shape index (κ3) is 6.51. The predicted octanol–water partition coefficient (Wildman–Crippen LogP) is 5.39. The molecular formula is C20H23IN4OS. The maximum Gasteiger partial charge on any atom is 0.193 e. The van der Waals surface area contributed by atoms with Crippen molar-refractivity contribution >= 4 is 47.0 Å². The van der Waals surface area contributed by atoms with Gasteiger partial charge in [-0.1, -0.05) is 31.2 Å². The summed E-state index contributed by atoms with van der Waals surface area (Å²) in [6, 6.07) is 17.3. The summed E-state index contributed by atoms with van der Waals surface area (Å²) in [6.45, 7) is 4.74. The van der Waals surface area contributed by atoms with Gasteiger partial charge in [0, 0.05) is 28.7 Å². The van der Waals surface area contributed by atoms with Crippen molar-refractivity contribution in [3.05, 3.63) is 70.7 Å². The van der Waals surface area contributed by atoms with Gasteiger partial charge in [0.15, 0.2) is 5.96 Å². The van der Waals surface area contributed by atoms with Crippen molar-refractivity contribution in [2.24, 2.45) is 10.7 Å². The fourth-order valence-corrected chi connectivity index (χ4v) is 3.18. The van der Waals surface area contributed by atoms with Crippen LogP contribution in [0.2, 0.25) is 0 Å². The highest BCUT2D eigenvalue weighted by atomic mass is 127. The van der Waals surface area contributed by atoms with Gasteiger partial charge in [0.05, 0.1) is 11.6 Å². The average molecular weight is 494 g/mol.